The van der Waals surface area contributed by atoms with Crippen molar-refractivity contribution in [1.82, 2.24) is 9.80 Å². The van der Waals surface area contributed by atoms with Gasteiger partial charge in [0.2, 0.25) is 0 Å². The van der Waals surface area contributed by atoms with E-state index < -0.39 is 56.9 Å². The largest absolute Gasteiger partial charge is 0.496 e. The summed E-state index contributed by atoms with van der Waals surface area (Å²) in [4.78, 5) is 28.1. The molecule has 3 fully saturated rings. The molecule has 3 saturated heterocycles. The molecule has 5 atom stereocenters. The standard InChI is InChI=1S/C42H42B2N2O10/c47-37(48)15-17-45-21-28-13-14-29(33-20-27-8-2-1-7-26(27)19-32(28)33)22-46(18-16-38(49)50)24-31-10-4-6-12-35(31)44-55-41-39(51)40(53-42(41)56-44)36-25-52-43(54-36)34-11-5-3-9-30(34)23-45/h1-14,19-20,36,39-42,51H,15-18,21-25H2,(H,47,48)(H,49,50)/t36-,39+,40+,41+,42+/m0/s1. The van der Waals surface area contributed by atoms with Gasteiger partial charge >= 0.3 is 26.2 Å². The van der Waals surface area contributed by atoms with Crippen molar-refractivity contribution < 1.29 is 48.3 Å². The third-order valence-electron chi connectivity index (χ3n) is 11.4. The second-order valence-electron chi connectivity index (χ2n) is 15.1. The third-order valence-corrected chi connectivity index (χ3v) is 11.4. The Balaban J connectivity index is 1.15. The highest BCUT2D eigenvalue weighted by atomic mass is 16.8. The van der Waals surface area contributed by atoms with Gasteiger partial charge in [0, 0.05) is 39.3 Å². The van der Waals surface area contributed by atoms with Crippen molar-refractivity contribution in [3.8, 4) is 0 Å². The van der Waals surface area contributed by atoms with Gasteiger partial charge in [-0.3, -0.25) is 19.4 Å². The molecule has 7 aliphatic rings. The average Bonchev–Trinajstić information content (AvgIpc) is 3.93. The summed E-state index contributed by atoms with van der Waals surface area (Å²) in [6, 6.07) is 32.5. The van der Waals surface area contributed by atoms with Crippen LogP contribution in [-0.4, -0.2) is 102 Å². The number of carboxylic acid groups (broad SMARTS) is 2. The summed E-state index contributed by atoms with van der Waals surface area (Å²) in [5.74, 6) is -1.76. The number of fused-ring (bicyclic) bond motifs is 1. The molecule has 12 rings (SSSR count). The first kappa shape index (κ1) is 37.0. The van der Waals surface area contributed by atoms with Crippen molar-refractivity contribution in [2.75, 3.05) is 19.7 Å². The van der Waals surface area contributed by atoms with Gasteiger partial charge in [0.15, 0.2) is 6.29 Å². The van der Waals surface area contributed by atoms with Crippen molar-refractivity contribution in [3.63, 3.8) is 0 Å². The molecule has 0 saturated carbocycles. The molecule has 3 N–H and O–H groups in total. The van der Waals surface area contributed by atoms with Crippen LogP contribution in [0.4, 0.5) is 0 Å². The van der Waals surface area contributed by atoms with E-state index in [1.54, 1.807) is 0 Å². The van der Waals surface area contributed by atoms with E-state index >= 15 is 0 Å². The van der Waals surface area contributed by atoms with Gasteiger partial charge in [0.05, 0.1) is 25.6 Å². The molecule has 14 heteroatoms. The zero-order valence-electron chi connectivity index (χ0n) is 30.7. The van der Waals surface area contributed by atoms with Gasteiger partial charge < -0.3 is 38.7 Å². The number of ether oxygens (including phenoxy) is 1. The minimum atomic E-state index is -1.04. The predicted octanol–water partition coefficient (Wildman–Crippen LogP) is 3.27. The monoisotopic (exact) mass is 756 g/mol. The van der Waals surface area contributed by atoms with Gasteiger partial charge in [-0.1, -0.05) is 84.9 Å². The fourth-order valence-electron chi connectivity index (χ4n) is 8.56. The molecule has 12 nitrogen and oxygen atoms in total. The van der Waals surface area contributed by atoms with Crippen LogP contribution in [0.3, 0.4) is 0 Å². The number of carbonyl (C=O) groups is 2. The minimum Gasteiger partial charge on any atom is -0.481 e. The lowest BCUT2D eigenvalue weighted by Gasteiger charge is -2.27. The number of rotatable bonds is 6. The van der Waals surface area contributed by atoms with Crippen molar-refractivity contribution in [2.24, 2.45) is 0 Å². The quantitative estimate of drug-likeness (QED) is 0.173. The van der Waals surface area contributed by atoms with Crippen molar-refractivity contribution in [3.05, 3.63) is 119 Å². The Morgan fingerprint density at radius 3 is 1.70 bits per heavy atom. The highest BCUT2D eigenvalue weighted by Gasteiger charge is 2.57. The molecule has 8 bridgehead atoms. The maximum atomic E-state index is 11.9. The Hall–Kier alpha value is -4.63. The summed E-state index contributed by atoms with van der Waals surface area (Å²) in [7, 11) is -1.52. The van der Waals surface area contributed by atoms with Crippen LogP contribution in [-0.2, 0) is 59.1 Å². The van der Waals surface area contributed by atoms with Crippen LogP contribution >= 0.6 is 0 Å². The predicted molar refractivity (Wildman–Crippen MR) is 209 cm³/mol. The Morgan fingerprint density at radius 2 is 1.14 bits per heavy atom. The zero-order valence-corrected chi connectivity index (χ0v) is 30.7. The van der Waals surface area contributed by atoms with Crippen molar-refractivity contribution in [1.29, 1.82) is 0 Å². The first-order chi connectivity index (χ1) is 27.3. The molecule has 5 aromatic rings. The van der Waals surface area contributed by atoms with E-state index in [9.17, 15) is 24.9 Å². The number of hydrogen-bond acceptors (Lipinski definition) is 10. The van der Waals surface area contributed by atoms with Crippen LogP contribution in [0.5, 0.6) is 0 Å². The van der Waals surface area contributed by atoms with E-state index in [1.807, 2.05) is 60.7 Å². The number of aliphatic hydroxyl groups excluding tert-OH is 1. The fourth-order valence-corrected chi connectivity index (χ4v) is 8.56. The van der Waals surface area contributed by atoms with Gasteiger partial charge in [-0.05, 0) is 66.9 Å². The molecule has 7 heterocycles. The highest BCUT2D eigenvalue weighted by Crippen LogP contribution is 2.36. The molecule has 0 aromatic heterocycles. The Morgan fingerprint density at radius 1 is 0.625 bits per heavy atom. The van der Waals surface area contributed by atoms with Crippen LogP contribution in [0, 0.1) is 0 Å². The fraction of sp³-hybridized carbons (Fsp3) is 0.333. The lowest BCUT2D eigenvalue weighted by atomic mass is 9.76. The smallest absolute Gasteiger partial charge is 0.481 e. The van der Waals surface area contributed by atoms with Crippen molar-refractivity contribution >= 4 is 58.6 Å². The van der Waals surface area contributed by atoms with E-state index in [2.05, 4.69) is 46.2 Å². The summed E-state index contributed by atoms with van der Waals surface area (Å²) in [6.07, 6.45) is -4.04. The molecule has 7 aliphatic heterocycles. The summed E-state index contributed by atoms with van der Waals surface area (Å²) < 4.78 is 31.6. The number of nitrogens with zero attached hydrogens (tertiary/aromatic N) is 2. The first-order valence-corrected chi connectivity index (χ1v) is 19.2. The van der Waals surface area contributed by atoms with Crippen LogP contribution in [0.25, 0.3) is 21.5 Å². The Kier molecular flexibility index (Phi) is 10.4. The van der Waals surface area contributed by atoms with Gasteiger partial charge in [-0.15, -0.1) is 0 Å². The normalized spacial score (nSPS) is 24.3. The number of hydrogen-bond donors (Lipinski definition) is 3. The van der Waals surface area contributed by atoms with Gasteiger partial charge in [0.25, 0.3) is 0 Å². The van der Waals surface area contributed by atoms with Gasteiger partial charge in [-0.2, -0.15) is 0 Å². The average molecular weight is 756 g/mol. The Bertz CT molecular complexity index is 2280. The third kappa shape index (κ3) is 7.47. The van der Waals surface area contributed by atoms with Crippen LogP contribution < -0.4 is 10.9 Å². The van der Waals surface area contributed by atoms with Crippen LogP contribution in [0.15, 0.2) is 97.1 Å². The maximum Gasteiger partial charge on any atom is 0.496 e. The molecule has 0 radical (unpaired) electrons. The minimum absolute atomic E-state index is 0.0378. The number of aliphatic hydroxyl groups is 1. The van der Waals surface area contributed by atoms with E-state index in [0.717, 1.165) is 54.7 Å². The molecule has 5 aromatic carbocycles. The molecular formula is C42H42B2N2O10. The highest BCUT2D eigenvalue weighted by molar-refractivity contribution is 6.62. The van der Waals surface area contributed by atoms with Crippen LogP contribution in [0.2, 0.25) is 0 Å². The molecule has 286 valence electrons. The summed E-state index contributed by atoms with van der Waals surface area (Å²) in [5, 5.41) is 35.3. The molecular weight excluding hydrogens is 714 g/mol. The summed E-state index contributed by atoms with van der Waals surface area (Å²) in [6.45, 7) is 2.60. The lowest BCUT2D eigenvalue weighted by Crippen LogP contribution is -2.45. The molecule has 0 unspecified atom stereocenters. The second kappa shape index (κ2) is 15.7. The molecule has 0 spiro atoms. The second-order valence-corrected chi connectivity index (χ2v) is 15.1. The number of aliphatic carboxylic acids is 2. The molecule has 0 aliphatic carbocycles. The van der Waals surface area contributed by atoms with E-state index in [-0.39, 0.29) is 19.4 Å². The summed E-state index contributed by atoms with van der Waals surface area (Å²) >= 11 is 0. The van der Waals surface area contributed by atoms with Gasteiger partial charge in [-0.25, -0.2) is 0 Å². The molecule has 0 amide bonds. The lowest BCUT2D eigenvalue weighted by molar-refractivity contribution is -0.138. The Labute approximate surface area is 324 Å². The van der Waals surface area contributed by atoms with E-state index in [4.69, 9.17) is 23.4 Å². The summed E-state index contributed by atoms with van der Waals surface area (Å²) in [5.41, 5.74) is 5.53. The number of benzene rings is 5. The van der Waals surface area contributed by atoms with E-state index in [1.165, 1.54) is 0 Å². The number of carboxylic acids is 2. The first-order valence-electron chi connectivity index (χ1n) is 19.2. The molecule has 56 heavy (non-hydrogen) atoms. The van der Waals surface area contributed by atoms with E-state index in [0.29, 0.717) is 39.3 Å². The van der Waals surface area contributed by atoms with Crippen molar-refractivity contribution in [2.45, 2.75) is 69.7 Å². The van der Waals surface area contributed by atoms with Crippen LogP contribution in [0.1, 0.15) is 35.1 Å². The van der Waals surface area contributed by atoms with Gasteiger partial charge in [0.1, 0.15) is 18.3 Å². The topological polar surface area (TPSA) is 147 Å². The SMILES string of the molecule is O=C(O)CCN1Cc2ccccc2B2O[C@H]3O[C@@H]([C@@H](O)[C@H]3O2)[C@@H]2COB(O2)c2ccccc2CN(CCC(=O)O)Cc2ccc(c3cc4ccccc4cc23)C1. The zero-order chi connectivity index (χ0) is 38.3. The maximum absolute atomic E-state index is 11.9.